The minimum absolute atomic E-state index is 0.0181. The minimum atomic E-state index is -0.368. The van der Waals surface area contributed by atoms with E-state index in [1.165, 1.54) is 0 Å². The Kier molecular flexibility index (Phi) is 5.43. The molecule has 1 heterocycles. The molecule has 0 bridgehead atoms. The minimum Gasteiger partial charge on any atom is -0.392 e. The monoisotopic (exact) mass is 222 g/mol. The second-order valence-corrected chi connectivity index (χ2v) is 4.38. The Bertz CT molecular complexity index is 289. The number of aliphatic hydroxyl groups is 1. The van der Waals surface area contributed by atoms with Gasteiger partial charge in [-0.05, 0) is 30.0 Å². The van der Waals surface area contributed by atoms with Crippen LogP contribution in [0.5, 0.6) is 0 Å². The molecule has 0 radical (unpaired) electrons. The zero-order valence-electron chi connectivity index (χ0n) is 10.1. The Labute approximate surface area is 97.7 Å². The van der Waals surface area contributed by atoms with Gasteiger partial charge < -0.3 is 10.8 Å². The van der Waals surface area contributed by atoms with Crippen LogP contribution in [-0.4, -0.2) is 22.7 Å². The molecular weight excluding hydrogens is 200 g/mol. The zero-order valence-corrected chi connectivity index (χ0v) is 10.1. The van der Waals surface area contributed by atoms with Gasteiger partial charge in [0.1, 0.15) is 0 Å². The van der Waals surface area contributed by atoms with E-state index < -0.39 is 0 Å². The third-order valence-corrected chi connectivity index (χ3v) is 3.13. The van der Waals surface area contributed by atoms with Gasteiger partial charge in [0.15, 0.2) is 0 Å². The van der Waals surface area contributed by atoms with Crippen molar-refractivity contribution in [1.29, 1.82) is 0 Å². The molecule has 0 saturated heterocycles. The van der Waals surface area contributed by atoms with Gasteiger partial charge in [-0.3, -0.25) is 4.98 Å². The Morgan fingerprint density at radius 2 is 2.00 bits per heavy atom. The van der Waals surface area contributed by atoms with Crippen LogP contribution >= 0.6 is 0 Å². The molecule has 1 rings (SSSR count). The summed E-state index contributed by atoms with van der Waals surface area (Å²) in [6, 6.07) is 3.86. The Balaban J connectivity index is 2.74. The molecule has 1 aromatic rings. The maximum atomic E-state index is 10.3. The topological polar surface area (TPSA) is 59.1 Å². The van der Waals surface area contributed by atoms with Crippen molar-refractivity contribution >= 4 is 0 Å². The Morgan fingerprint density at radius 1 is 1.38 bits per heavy atom. The lowest BCUT2D eigenvalue weighted by Crippen LogP contribution is -2.31. The van der Waals surface area contributed by atoms with Gasteiger partial charge in [-0.2, -0.15) is 0 Å². The normalized spacial score (nSPS) is 16.8. The van der Waals surface area contributed by atoms with Crippen LogP contribution in [0.15, 0.2) is 24.5 Å². The molecule has 90 valence electrons. The second-order valence-electron chi connectivity index (χ2n) is 4.38. The quantitative estimate of drug-likeness (QED) is 0.773. The van der Waals surface area contributed by atoms with Crippen LogP contribution < -0.4 is 5.73 Å². The molecule has 0 fully saturated rings. The summed E-state index contributed by atoms with van der Waals surface area (Å²) in [5.41, 5.74) is 6.84. The summed E-state index contributed by atoms with van der Waals surface area (Å²) in [6.45, 7) is 4.68. The molecule has 0 aliphatic rings. The first-order valence-corrected chi connectivity index (χ1v) is 5.98. The lowest BCUT2D eigenvalue weighted by molar-refractivity contribution is 0.0858. The van der Waals surface area contributed by atoms with Gasteiger partial charge >= 0.3 is 0 Å². The van der Waals surface area contributed by atoms with E-state index in [2.05, 4.69) is 18.8 Å². The van der Waals surface area contributed by atoms with Crippen molar-refractivity contribution < 1.29 is 5.11 Å². The summed E-state index contributed by atoms with van der Waals surface area (Å²) in [6.07, 6.45) is 5.24. The molecule has 1 aromatic heterocycles. The van der Waals surface area contributed by atoms with E-state index in [0.29, 0.717) is 6.54 Å². The molecule has 3 heteroatoms. The molecule has 16 heavy (non-hydrogen) atoms. The number of hydrogen-bond donors (Lipinski definition) is 2. The highest BCUT2D eigenvalue weighted by molar-refractivity contribution is 5.18. The average molecular weight is 222 g/mol. The first kappa shape index (κ1) is 13.1. The highest BCUT2D eigenvalue weighted by Crippen LogP contribution is 2.25. The summed E-state index contributed by atoms with van der Waals surface area (Å²) >= 11 is 0. The Hall–Kier alpha value is -0.930. The van der Waals surface area contributed by atoms with E-state index in [1.807, 2.05) is 12.1 Å². The first-order valence-electron chi connectivity index (χ1n) is 5.98. The summed E-state index contributed by atoms with van der Waals surface area (Å²) < 4.78 is 0. The number of nitrogens with two attached hydrogens (primary N) is 1. The number of pyridine rings is 1. The molecule has 3 N–H and O–H groups in total. The third kappa shape index (κ3) is 3.29. The van der Waals surface area contributed by atoms with Gasteiger partial charge in [0.2, 0.25) is 0 Å². The number of rotatable bonds is 6. The summed E-state index contributed by atoms with van der Waals surface area (Å²) in [5, 5.41) is 10.3. The fraction of sp³-hybridized carbons (Fsp3) is 0.615. The second kappa shape index (κ2) is 6.61. The third-order valence-electron chi connectivity index (χ3n) is 3.13. The van der Waals surface area contributed by atoms with Gasteiger partial charge in [0.05, 0.1) is 6.10 Å². The van der Waals surface area contributed by atoms with Crippen LogP contribution in [0.3, 0.4) is 0 Å². The molecule has 0 aliphatic heterocycles. The van der Waals surface area contributed by atoms with Crippen molar-refractivity contribution in [3.63, 3.8) is 0 Å². The van der Waals surface area contributed by atoms with Crippen LogP contribution in [0.1, 0.15) is 38.2 Å². The van der Waals surface area contributed by atoms with Crippen LogP contribution in [0.25, 0.3) is 0 Å². The molecular formula is C13H22N2O. The van der Waals surface area contributed by atoms with Crippen LogP contribution in [-0.2, 0) is 0 Å². The highest BCUT2D eigenvalue weighted by Gasteiger charge is 2.24. The largest absolute Gasteiger partial charge is 0.392 e. The smallest absolute Gasteiger partial charge is 0.0646 e. The molecule has 0 spiro atoms. The van der Waals surface area contributed by atoms with Crippen LogP contribution in [0, 0.1) is 5.92 Å². The molecule has 0 aliphatic carbocycles. The lowest BCUT2D eigenvalue weighted by atomic mass is 9.85. The average Bonchev–Trinajstić information content (AvgIpc) is 2.31. The Morgan fingerprint density at radius 3 is 2.50 bits per heavy atom. The fourth-order valence-corrected chi connectivity index (χ4v) is 2.11. The van der Waals surface area contributed by atoms with Gasteiger partial charge in [-0.25, -0.2) is 0 Å². The molecule has 3 atom stereocenters. The number of aliphatic hydroxyl groups excluding tert-OH is 1. The van der Waals surface area contributed by atoms with Crippen LogP contribution in [0.2, 0.25) is 0 Å². The van der Waals surface area contributed by atoms with Gasteiger partial charge in [-0.1, -0.05) is 20.3 Å². The maximum Gasteiger partial charge on any atom is 0.0646 e. The van der Waals surface area contributed by atoms with Crippen LogP contribution in [0.4, 0.5) is 0 Å². The molecule has 0 aromatic carbocycles. The molecule has 3 unspecified atom stereocenters. The van der Waals surface area contributed by atoms with E-state index in [-0.39, 0.29) is 17.9 Å². The first-order chi connectivity index (χ1) is 7.70. The van der Waals surface area contributed by atoms with E-state index in [0.717, 1.165) is 18.4 Å². The molecule has 0 amide bonds. The number of aromatic nitrogens is 1. The number of hydrogen-bond acceptors (Lipinski definition) is 3. The van der Waals surface area contributed by atoms with Crippen molar-refractivity contribution in [1.82, 2.24) is 4.98 Å². The van der Waals surface area contributed by atoms with E-state index >= 15 is 0 Å². The number of nitrogens with zero attached hydrogens (tertiary/aromatic N) is 1. The van der Waals surface area contributed by atoms with Gasteiger partial charge in [0, 0.05) is 24.9 Å². The van der Waals surface area contributed by atoms with Gasteiger partial charge in [-0.15, -0.1) is 0 Å². The standard InChI is InChI=1S/C13H22N2O/c1-3-4-10(2)13(16)12(9-14)11-5-7-15-8-6-11/h5-8,10,12-13,16H,3-4,9,14H2,1-2H3. The molecule has 3 nitrogen and oxygen atoms in total. The summed E-state index contributed by atoms with van der Waals surface area (Å²) in [7, 11) is 0. The summed E-state index contributed by atoms with van der Waals surface area (Å²) in [4.78, 5) is 3.98. The maximum absolute atomic E-state index is 10.3. The van der Waals surface area contributed by atoms with Crippen molar-refractivity contribution in [2.75, 3.05) is 6.54 Å². The molecule has 0 saturated carbocycles. The highest BCUT2D eigenvalue weighted by atomic mass is 16.3. The van der Waals surface area contributed by atoms with Crippen molar-refractivity contribution in [3.05, 3.63) is 30.1 Å². The zero-order chi connectivity index (χ0) is 12.0. The van der Waals surface area contributed by atoms with E-state index in [1.54, 1.807) is 12.4 Å². The SMILES string of the molecule is CCCC(C)C(O)C(CN)c1ccncc1. The van der Waals surface area contributed by atoms with Crippen molar-refractivity contribution in [2.45, 2.75) is 38.7 Å². The summed E-state index contributed by atoms with van der Waals surface area (Å²) in [5.74, 6) is 0.302. The van der Waals surface area contributed by atoms with Crippen molar-refractivity contribution in [2.24, 2.45) is 11.7 Å². The fourth-order valence-electron chi connectivity index (χ4n) is 2.11. The predicted molar refractivity (Wildman–Crippen MR) is 66.1 cm³/mol. The van der Waals surface area contributed by atoms with Gasteiger partial charge in [0.25, 0.3) is 0 Å². The van der Waals surface area contributed by atoms with Crippen molar-refractivity contribution in [3.8, 4) is 0 Å². The van der Waals surface area contributed by atoms with E-state index in [9.17, 15) is 5.11 Å². The lowest BCUT2D eigenvalue weighted by Gasteiger charge is -2.26. The van der Waals surface area contributed by atoms with E-state index in [4.69, 9.17) is 5.73 Å². The predicted octanol–water partition coefficient (Wildman–Crippen LogP) is 1.92.